The summed E-state index contributed by atoms with van der Waals surface area (Å²) in [6, 6.07) is 18.5. The average molecular weight is 438 g/mol. The molecule has 1 saturated heterocycles. The molecule has 0 aromatic heterocycles. The van der Waals surface area contributed by atoms with E-state index in [0.717, 1.165) is 22.4 Å². The zero-order chi connectivity index (χ0) is 22.1. The lowest BCUT2D eigenvalue weighted by Gasteiger charge is -2.47. The molecule has 3 aromatic carbocycles. The average Bonchev–Trinajstić information content (AvgIpc) is 2.78. The first-order valence-electron chi connectivity index (χ1n) is 9.97. The highest BCUT2D eigenvalue weighted by Crippen LogP contribution is 2.44. The summed E-state index contributed by atoms with van der Waals surface area (Å²) in [6.07, 6.45) is -0.667. The number of carbonyl (C=O) groups is 1. The molecule has 3 aromatic rings. The Morgan fingerprint density at radius 2 is 1.58 bits per heavy atom. The van der Waals surface area contributed by atoms with Crippen molar-refractivity contribution in [2.45, 2.75) is 26.0 Å². The van der Waals surface area contributed by atoms with Crippen LogP contribution in [-0.4, -0.2) is 26.2 Å². The molecule has 0 unspecified atom stereocenters. The highest BCUT2D eigenvalue weighted by Gasteiger charge is 2.51. The van der Waals surface area contributed by atoms with Crippen LogP contribution in [0.3, 0.4) is 0 Å². The van der Waals surface area contributed by atoms with Gasteiger partial charge in [-0.05, 0) is 73.0 Å². The van der Waals surface area contributed by atoms with E-state index in [1.54, 1.807) is 43.4 Å². The molecular weight excluding hydrogens is 414 g/mol. The Morgan fingerprint density at radius 1 is 0.871 bits per heavy atom. The maximum absolute atomic E-state index is 13.3. The number of anilines is 1. The fourth-order valence-corrected chi connectivity index (χ4v) is 3.97. The van der Waals surface area contributed by atoms with Crippen LogP contribution in [0.5, 0.6) is 17.2 Å². The van der Waals surface area contributed by atoms with E-state index >= 15 is 0 Å². The molecule has 0 N–H and O–H groups in total. The first kappa shape index (κ1) is 21.1. The minimum atomic E-state index is -0.667. The van der Waals surface area contributed by atoms with E-state index in [2.05, 4.69) is 0 Å². The van der Waals surface area contributed by atoms with Crippen LogP contribution in [0.25, 0.3) is 0 Å². The Kier molecular flexibility index (Phi) is 5.79. The molecule has 1 heterocycles. The number of hydrogen-bond donors (Lipinski definition) is 0. The minimum Gasteiger partial charge on any atom is -0.493 e. The second kappa shape index (κ2) is 8.52. The third-order valence-electron chi connectivity index (χ3n) is 5.50. The zero-order valence-corrected chi connectivity index (χ0v) is 18.6. The third kappa shape index (κ3) is 3.93. The van der Waals surface area contributed by atoms with Crippen LogP contribution in [-0.2, 0) is 4.79 Å². The number of benzene rings is 3. The SMILES string of the molecule is COc1ccc([C@H]2[C@@H](Oc3ccc(Cl)cc3)C(=O)N2c2cc(C)ccc2C)cc1OC. The summed E-state index contributed by atoms with van der Waals surface area (Å²) in [5.74, 6) is 1.73. The number of β-lactam (4-membered cyclic amide) rings is 1. The molecule has 0 aliphatic carbocycles. The van der Waals surface area contributed by atoms with Crippen molar-refractivity contribution in [2.24, 2.45) is 0 Å². The maximum Gasteiger partial charge on any atom is 0.271 e. The number of nitrogens with zero attached hydrogens (tertiary/aromatic N) is 1. The van der Waals surface area contributed by atoms with Crippen molar-refractivity contribution in [3.05, 3.63) is 82.4 Å². The summed E-state index contributed by atoms with van der Waals surface area (Å²) >= 11 is 5.99. The van der Waals surface area contributed by atoms with Gasteiger partial charge in [-0.1, -0.05) is 29.8 Å². The molecule has 1 aliphatic heterocycles. The molecule has 1 amide bonds. The van der Waals surface area contributed by atoms with Crippen LogP contribution >= 0.6 is 11.6 Å². The number of hydrogen-bond acceptors (Lipinski definition) is 4. The number of carbonyl (C=O) groups excluding carboxylic acids is 1. The predicted octanol–water partition coefficient (Wildman–Crippen LogP) is 5.51. The quantitative estimate of drug-likeness (QED) is 0.477. The number of amides is 1. The Bertz CT molecular complexity index is 1110. The summed E-state index contributed by atoms with van der Waals surface area (Å²) in [5.41, 5.74) is 3.88. The smallest absolute Gasteiger partial charge is 0.271 e. The molecule has 0 spiro atoms. The highest BCUT2D eigenvalue weighted by atomic mass is 35.5. The Morgan fingerprint density at radius 3 is 2.26 bits per heavy atom. The Balaban J connectivity index is 1.76. The summed E-state index contributed by atoms with van der Waals surface area (Å²) in [6.45, 7) is 4.02. The standard InChI is InChI=1S/C25H24ClNO4/c1-15-5-6-16(2)20(13-15)27-23(17-7-12-21(29-3)22(14-17)30-4)24(25(27)28)31-19-10-8-18(26)9-11-19/h5-14,23-24H,1-4H3/t23-,24+/m0/s1. The molecule has 2 atom stereocenters. The van der Waals surface area contributed by atoms with Gasteiger partial charge in [0, 0.05) is 10.7 Å². The summed E-state index contributed by atoms with van der Waals surface area (Å²) < 4.78 is 17.0. The molecule has 6 heteroatoms. The molecule has 1 aliphatic rings. The van der Waals surface area contributed by atoms with Gasteiger partial charge >= 0.3 is 0 Å². The van der Waals surface area contributed by atoms with E-state index < -0.39 is 6.10 Å². The van der Waals surface area contributed by atoms with Crippen molar-refractivity contribution < 1.29 is 19.0 Å². The normalized spacial score (nSPS) is 17.8. The molecule has 0 radical (unpaired) electrons. The van der Waals surface area contributed by atoms with Gasteiger partial charge in [0.25, 0.3) is 5.91 Å². The molecule has 160 valence electrons. The monoisotopic (exact) mass is 437 g/mol. The van der Waals surface area contributed by atoms with Crippen molar-refractivity contribution >= 4 is 23.2 Å². The first-order chi connectivity index (χ1) is 14.9. The van der Waals surface area contributed by atoms with Gasteiger partial charge < -0.3 is 14.2 Å². The van der Waals surface area contributed by atoms with Crippen LogP contribution in [0.2, 0.25) is 5.02 Å². The van der Waals surface area contributed by atoms with Gasteiger partial charge in [-0.2, -0.15) is 0 Å². The van der Waals surface area contributed by atoms with Crippen LogP contribution in [0, 0.1) is 13.8 Å². The Hall–Kier alpha value is -3.18. The second-order valence-corrected chi connectivity index (χ2v) is 7.99. The maximum atomic E-state index is 13.3. The predicted molar refractivity (Wildman–Crippen MR) is 122 cm³/mol. The third-order valence-corrected chi connectivity index (χ3v) is 5.75. The van der Waals surface area contributed by atoms with Crippen molar-refractivity contribution in [1.29, 1.82) is 0 Å². The lowest BCUT2D eigenvalue weighted by molar-refractivity contribution is -0.135. The van der Waals surface area contributed by atoms with Gasteiger partial charge in [0.1, 0.15) is 11.8 Å². The van der Waals surface area contributed by atoms with Gasteiger partial charge in [-0.15, -0.1) is 0 Å². The topological polar surface area (TPSA) is 48.0 Å². The summed E-state index contributed by atoms with van der Waals surface area (Å²) in [5, 5.41) is 0.612. The number of halogens is 1. The van der Waals surface area contributed by atoms with E-state index in [4.69, 9.17) is 25.8 Å². The van der Waals surface area contributed by atoms with E-state index in [9.17, 15) is 4.79 Å². The lowest BCUT2D eigenvalue weighted by Crippen LogP contribution is -2.61. The van der Waals surface area contributed by atoms with Gasteiger partial charge in [0.2, 0.25) is 6.10 Å². The summed E-state index contributed by atoms with van der Waals surface area (Å²) in [7, 11) is 3.19. The van der Waals surface area contributed by atoms with E-state index in [0.29, 0.717) is 22.3 Å². The molecule has 0 saturated carbocycles. The molecular formula is C25H24ClNO4. The van der Waals surface area contributed by atoms with E-state index in [-0.39, 0.29) is 11.9 Å². The number of methoxy groups -OCH3 is 2. The largest absolute Gasteiger partial charge is 0.493 e. The van der Waals surface area contributed by atoms with Gasteiger partial charge in [-0.3, -0.25) is 9.69 Å². The van der Waals surface area contributed by atoms with Crippen molar-refractivity contribution in [1.82, 2.24) is 0 Å². The van der Waals surface area contributed by atoms with Crippen molar-refractivity contribution in [3.63, 3.8) is 0 Å². The number of rotatable bonds is 6. The molecule has 5 nitrogen and oxygen atoms in total. The minimum absolute atomic E-state index is 0.0940. The fraction of sp³-hybridized carbons (Fsp3) is 0.240. The lowest BCUT2D eigenvalue weighted by atomic mass is 9.88. The Labute approximate surface area is 187 Å². The molecule has 31 heavy (non-hydrogen) atoms. The van der Waals surface area contributed by atoms with Gasteiger partial charge in [0.15, 0.2) is 11.5 Å². The van der Waals surface area contributed by atoms with E-state index in [1.165, 1.54) is 0 Å². The summed E-state index contributed by atoms with van der Waals surface area (Å²) in [4.78, 5) is 15.1. The second-order valence-electron chi connectivity index (χ2n) is 7.55. The van der Waals surface area contributed by atoms with Crippen LogP contribution < -0.4 is 19.1 Å². The molecule has 0 bridgehead atoms. The van der Waals surface area contributed by atoms with Crippen LogP contribution in [0.15, 0.2) is 60.7 Å². The highest BCUT2D eigenvalue weighted by molar-refractivity contribution is 6.30. The zero-order valence-electron chi connectivity index (χ0n) is 17.9. The van der Waals surface area contributed by atoms with Gasteiger partial charge in [0.05, 0.1) is 14.2 Å². The van der Waals surface area contributed by atoms with Crippen LogP contribution in [0.1, 0.15) is 22.7 Å². The number of aryl methyl sites for hydroxylation is 2. The first-order valence-corrected chi connectivity index (χ1v) is 10.3. The molecule has 1 fully saturated rings. The fourth-order valence-electron chi connectivity index (χ4n) is 3.85. The van der Waals surface area contributed by atoms with Crippen LogP contribution in [0.4, 0.5) is 5.69 Å². The van der Waals surface area contributed by atoms with Crippen molar-refractivity contribution in [2.75, 3.05) is 19.1 Å². The molecule has 4 rings (SSSR count). The van der Waals surface area contributed by atoms with Crippen molar-refractivity contribution in [3.8, 4) is 17.2 Å². The van der Waals surface area contributed by atoms with Gasteiger partial charge in [-0.25, -0.2) is 0 Å². The van der Waals surface area contributed by atoms with E-state index in [1.807, 2.05) is 50.2 Å². The number of ether oxygens (including phenoxy) is 3.